The summed E-state index contributed by atoms with van der Waals surface area (Å²) >= 11 is 1.74. The fraction of sp³-hybridized carbons (Fsp3) is 0.333. The second kappa shape index (κ2) is 4.21. The molecule has 0 aliphatic heterocycles. The molecule has 0 saturated carbocycles. The van der Waals surface area contributed by atoms with Crippen LogP contribution in [0.15, 0.2) is 23.6 Å². The molecule has 2 nitrogen and oxygen atoms in total. The number of rotatable bonds is 3. The number of aromatic hydroxyl groups is 1. The lowest BCUT2D eigenvalue weighted by Crippen LogP contribution is -2.14. The summed E-state index contributed by atoms with van der Waals surface area (Å²) in [5.41, 5.74) is 1.33. The van der Waals surface area contributed by atoms with E-state index in [-0.39, 0.29) is 0 Å². The van der Waals surface area contributed by atoms with E-state index in [4.69, 9.17) is 0 Å². The molecule has 1 aromatic carbocycles. The first kappa shape index (κ1) is 10.5. The Morgan fingerprint density at radius 3 is 2.87 bits per heavy atom. The quantitative estimate of drug-likeness (QED) is 0.861. The molecule has 0 fully saturated rings. The largest absolute Gasteiger partial charge is 0.508 e. The van der Waals surface area contributed by atoms with Gasteiger partial charge in [0, 0.05) is 11.2 Å². The molecule has 2 aromatic rings. The summed E-state index contributed by atoms with van der Waals surface area (Å²) in [4.78, 5) is 2.17. The number of likely N-dealkylation sites (N-methyl/N-ethyl adjacent to an activating group) is 1. The minimum absolute atomic E-state index is 0.354. The Hall–Kier alpha value is -1.06. The zero-order valence-electron chi connectivity index (χ0n) is 9.03. The highest BCUT2D eigenvalue weighted by molar-refractivity contribution is 7.17. The van der Waals surface area contributed by atoms with Crippen LogP contribution < -0.4 is 0 Å². The second-order valence-electron chi connectivity index (χ2n) is 3.99. The van der Waals surface area contributed by atoms with Crippen molar-refractivity contribution in [1.82, 2.24) is 4.90 Å². The average molecular weight is 221 g/mol. The molecule has 80 valence electrons. The minimum atomic E-state index is 0.354. The molecular formula is C12H15NOS. The summed E-state index contributed by atoms with van der Waals surface area (Å²) in [6.07, 6.45) is 1.04. The molecule has 0 saturated heterocycles. The molecule has 0 unspecified atom stereocenters. The van der Waals surface area contributed by atoms with Gasteiger partial charge in [-0.05, 0) is 55.0 Å². The Morgan fingerprint density at radius 2 is 2.13 bits per heavy atom. The molecule has 1 aromatic heterocycles. The predicted octanol–water partition coefficient (Wildman–Crippen LogP) is 2.71. The van der Waals surface area contributed by atoms with E-state index in [1.807, 2.05) is 12.1 Å². The highest BCUT2D eigenvalue weighted by Gasteiger charge is 2.04. The highest BCUT2D eigenvalue weighted by Crippen LogP contribution is 2.29. The number of benzene rings is 1. The van der Waals surface area contributed by atoms with Gasteiger partial charge in [0.25, 0.3) is 0 Å². The molecule has 0 radical (unpaired) electrons. The van der Waals surface area contributed by atoms with Crippen LogP contribution in [0, 0.1) is 0 Å². The van der Waals surface area contributed by atoms with Crippen molar-refractivity contribution in [2.45, 2.75) is 6.42 Å². The van der Waals surface area contributed by atoms with E-state index in [0.29, 0.717) is 5.75 Å². The van der Waals surface area contributed by atoms with Crippen LogP contribution >= 0.6 is 11.3 Å². The third kappa shape index (κ3) is 2.30. The van der Waals surface area contributed by atoms with E-state index >= 15 is 0 Å². The lowest BCUT2D eigenvalue weighted by Gasteiger charge is -2.08. The molecule has 0 atom stereocenters. The van der Waals surface area contributed by atoms with Crippen LogP contribution in [0.1, 0.15) is 5.56 Å². The van der Waals surface area contributed by atoms with E-state index in [1.54, 1.807) is 17.4 Å². The smallest absolute Gasteiger partial charge is 0.116 e. The molecule has 3 heteroatoms. The predicted molar refractivity (Wildman–Crippen MR) is 65.7 cm³/mol. The fourth-order valence-corrected chi connectivity index (χ4v) is 2.59. The molecule has 0 spiro atoms. The fourth-order valence-electron chi connectivity index (χ4n) is 1.61. The van der Waals surface area contributed by atoms with Gasteiger partial charge in [0.2, 0.25) is 0 Å². The van der Waals surface area contributed by atoms with Gasteiger partial charge in [0.15, 0.2) is 0 Å². The molecule has 0 aliphatic rings. The first-order valence-electron chi connectivity index (χ1n) is 5.00. The van der Waals surface area contributed by atoms with Gasteiger partial charge in [0.1, 0.15) is 5.75 Å². The number of hydrogen-bond donors (Lipinski definition) is 1. The number of hydrogen-bond acceptors (Lipinski definition) is 3. The first-order chi connectivity index (χ1) is 7.16. The summed E-state index contributed by atoms with van der Waals surface area (Å²) < 4.78 is 1.25. The van der Waals surface area contributed by atoms with Crippen molar-refractivity contribution in [2.75, 3.05) is 20.6 Å². The van der Waals surface area contributed by atoms with Crippen molar-refractivity contribution >= 4 is 21.4 Å². The van der Waals surface area contributed by atoms with Crippen LogP contribution in [-0.2, 0) is 6.42 Å². The van der Waals surface area contributed by atoms with Crippen LogP contribution in [0.5, 0.6) is 5.75 Å². The monoisotopic (exact) mass is 221 g/mol. The summed E-state index contributed by atoms with van der Waals surface area (Å²) in [6.45, 7) is 1.04. The van der Waals surface area contributed by atoms with E-state index in [2.05, 4.69) is 24.4 Å². The Labute approximate surface area is 93.8 Å². The third-order valence-corrected chi connectivity index (χ3v) is 3.48. The first-order valence-corrected chi connectivity index (χ1v) is 5.88. The highest BCUT2D eigenvalue weighted by atomic mass is 32.1. The van der Waals surface area contributed by atoms with E-state index in [9.17, 15) is 5.11 Å². The zero-order valence-corrected chi connectivity index (χ0v) is 9.84. The van der Waals surface area contributed by atoms with Crippen LogP contribution in [0.3, 0.4) is 0 Å². The van der Waals surface area contributed by atoms with Gasteiger partial charge >= 0.3 is 0 Å². The molecule has 1 N–H and O–H groups in total. The molecule has 1 heterocycles. The number of phenolic OH excluding ortho intramolecular Hbond substituents is 1. The number of nitrogens with zero attached hydrogens (tertiary/aromatic N) is 1. The summed E-state index contributed by atoms with van der Waals surface area (Å²) in [7, 11) is 4.15. The molecule has 0 bridgehead atoms. The van der Waals surface area contributed by atoms with Crippen molar-refractivity contribution < 1.29 is 5.11 Å². The molecule has 0 amide bonds. The van der Waals surface area contributed by atoms with Gasteiger partial charge < -0.3 is 10.0 Å². The third-order valence-electron chi connectivity index (χ3n) is 2.47. The maximum Gasteiger partial charge on any atom is 0.116 e. The number of thiophene rings is 1. The van der Waals surface area contributed by atoms with Gasteiger partial charge in [-0.2, -0.15) is 0 Å². The van der Waals surface area contributed by atoms with Gasteiger partial charge in [-0.25, -0.2) is 0 Å². The number of phenols is 1. The Morgan fingerprint density at radius 1 is 1.33 bits per heavy atom. The van der Waals surface area contributed by atoms with E-state index in [0.717, 1.165) is 13.0 Å². The van der Waals surface area contributed by atoms with Gasteiger partial charge in [-0.3, -0.25) is 0 Å². The zero-order chi connectivity index (χ0) is 10.8. The summed E-state index contributed by atoms with van der Waals surface area (Å²) in [5, 5.41) is 12.8. The lowest BCUT2D eigenvalue weighted by atomic mass is 10.1. The van der Waals surface area contributed by atoms with Crippen molar-refractivity contribution in [1.29, 1.82) is 0 Å². The molecule has 15 heavy (non-hydrogen) atoms. The second-order valence-corrected chi connectivity index (χ2v) is 4.91. The van der Waals surface area contributed by atoms with Gasteiger partial charge in [-0.1, -0.05) is 0 Å². The van der Waals surface area contributed by atoms with E-state index < -0.39 is 0 Å². The van der Waals surface area contributed by atoms with Gasteiger partial charge in [-0.15, -0.1) is 11.3 Å². The van der Waals surface area contributed by atoms with Crippen LogP contribution in [0.25, 0.3) is 10.1 Å². The Kier molecular flexibility index (Phi) is 2.93. The summed E-state index contributed by atoms with van der Waals surface area (Å²) in [6, 6.07) is 5.58. The van der Waals surface area contributed by atoms with Gasteiger partial charge in [0.05, 0.1) is 0 Å². The van der Waals surface area contributed by atoms with Crippen LogP contribution in [-0.4, -0.2) is 30.6 Å². The Bertz CT molecular complexity index is 462. The standard InChI is InChI=1S/C12H15NOS/c1-13(2)6-5-9-8-15-12-4-3-10(14)7-11(9)12/h3-4,7-8,14H,5-6H2,1-2H3. The van der Waals surface area contributed by atoms with Crippen molar-refractivity contribution in [2.24, 2.45) is 0 Å². The summed E-state index contributed by atoms with van der Waals surface area (Å²) in [5.74, 6) is 0.354. The topological polar surface area (TPSA) is 23.5 Å². The molecular weight excluding hydrogens is 206 g/mol. The minimum Gasteiger partial charge on any atom is -0.508 e. The van der Waals surface area contributed by atoms with Crippen molar-refractivity contribution in [3.8, 4) is 5.75 Å². The van der Waals surface area contributed by atoms with Crippen LogP contribution in [0.2, 0.25) is 0 Å². The van der Waals surface area contributed by atoms with Crippen LogP contribution in [0.4, 0.5) is 0 Å². The average Bonchev–Trinajstić information content (AvgIpc) is 2.57. The number of fused-ring (bicyclic) bond motifs is 1. The lowest BCUT2D eigenvalue weighted by molar-refractivity contribution is 0.414. The normalized spacial score (nSPS) is 11.4. The molecule has 2 rings (SSSR count). The van der Waals surface area contributed by atoms with Crippen molar-refractivity contribution in [3.05, 3.63) is 29.1 Å². The van der Waals surface area contributed by atoms with E-state index in [1.165, 1.54) is 15.6 Å². The SMILES string of the molecule is CN(C)CCc1csc2ccc(O)cc12. The maximum atomic E-state index is 9.44. The Balaban J connectivity index is 2.31. The maximum absolute atomic E-state index is 9.44. The molecule has 0 aliphatic carbocycles. The van der Waals surface area contributed by atoms with Crippen molar-refractivity contribution in [3.63, 3.8) is 0 Å².